The van der Waals surface area contributed by atoms with Crippen molar-refractivity contribution in [1.29, 1.82) is 0 Å². The van der Waals surface area contributed by atoms with Crippen molar-refractivity contribution in [2.45, 2.75) is 25.8 Å². The van der Waals surface area contributed by atoms with Crippen molar-refractivity contribution in [1.82, 2.24) is 20.0 Å². The van der Waals surface area contributed by atoms with Gasteiger partial charge in [0, 0.05) is 30.9 Å². The van der Waals surface area contributed by atoms with Crippen LogP contribution in [0.2, 0.25) is 0 Å². The molecule has 9 heteroatoms. The van der Waals surface area contributed by atoms with Gasteiger partial charge in [0.25, 0.3) is 0 Å². The van der Waals surface area contributed by atoms with Crippen LogP contribution in [-0.4, -0.2) is 57.5 Å². The lowest BCUT2D eigenvalue weighted by molar-refractivity contribution is -0.150. The van der Waals surface area contributed by atoms with Gasteiger partial charge in [-0.25, -0.2) is 0 Å². The summed E-state index contributed by atoms with van der Waals surface area (Å²) < 4.78 is 0. The number of rotatable bonds is 6. The summed E-state index contributed by atoms with van der Waals surface area (Å²) in [6, 6.07) is 11.8. The molecule has 0 radical (unpaired) electrons. The van der Waals surface area contributed by atoms with E-state index < -0.39 is 6.04 Å². The molecule has 0 bridgehead atoms. The van der Waals surface area contributed by atoms with Gasteiger partial charge in [0.2, 0.25) is 16.9 Å². The number of nitrogens with two attached hydrogens (primary N) is 1. The molecule has 2 amide bonds. The van der Waals surface area contributed by atoms with E-state index >= 15 is 0 Å². The molecular formula is C21H23N5O2S2. The molecule has 0 saturated carbocycles. The molecule has 1 saturated heterocycles. The fourth-order valence-corrected chi connectivity index (χ4v) is 5.02. The SMILES string of the molecule is CCN1CCN(C(=O)Cc2nnc(N)s2)[C@@H](Cc2ccc(-c3cccs3)cc2)C1=O. The third kappa shape index (κ3) is 4.36. The number of hydrogen-bond acceptors (Lipinski definition) is 7. The molecule has 1 atom stereocenters. The number of carbonyl (C=O) groups excluding carboxylic acids is 2. The summed E-state index contributed by atoms with van der Waals surface area (Å²) in [6.45, 7) is 3.67. The average molecular weight is 442 g/mol. The van der Waals surface area contributed by atoms with Crippen molar-refractivity contribution in [3.05, 3.63) is 52.3 Å². The molecule has 0 unspecified atom stereocenters. The zero-order chi connectivity index (χ0) is 21.1. The number of benzene rings is 1. The van der Waals surface area contributed by atoms with Crippen molar-refractivity contribution in [3.8, 4) is 10.4 Å². The molecule has 0 spiro atoms. The predicted octanol–water partition coefficient (Wildman–Crippen LogP) is 2.69. The van der Waals surface area contributed by atoms with Crippen molar-refractivity contribution in [2.75, 3.05) is 25.4 Å². The summed E-state index contributed by atoms with van der Waals surface area (Å²) >= 11 is 2.90. The third-order valence-corrected chi connectivity index (χ3v) is 6.93. The molecular weight excluding hydrogens is 418 g/mol. The molecule has 3 heterocycles. The van der Waals surface area contributed by atoms with E-state index in [1.807, 2.05) is 30.0 Å². The highest BCUT2D eigenvalue weighted by atomic mass is 32.1. The molecule has 7 nitrogen and oxygen atoms in total. The minimum atomic E-state index is -0.510. The van der Waals surface area contributed by atoms with Crippen molar-refractivity contribution in [2.24, 2.45) is 0 Å². The number of nitrogens with zero attached hydrogens (tertiary/aromatic N) is 4. The maximum atomic E-state index is 13.1. The molecule has 1 aliphatic rings. The van der Waals surface area contributed by atoms with Crippen LogP contribution in [0.1, 0.15) is 17.5 Å². The number of likely N-dealkylation sites (N-methyl/N-ethyl adjacent to an activating group) is 1. The summed E-state index contributed by atoms with van der Waals surface area (Å²) in [5.41, 5.74) is 7.81. The number of hydrogen-bond donors (Lipinski definition) is 1. The topological polar surface area (TPSA) is 92.4 Å². The first kappa shape index (κ1) is 20.5. The minimum absolute atomic E-state index is 0.00351. The Morgan fingerprint density at radius 3 is 2.63 bits per heavy atom. The lowest BCUT2D eigenvalue weighted by Gasteiger charge is -2.40. The van der Waals surface area contributed by atoms with Gasteiger partial charge in [-0.3, -0.25) is 9.59 Å². The lowest BCUT2D eigenvalue weighted by Crippen LogP contribution is -2.59. The second-order valence-corrected chi connectivity index (χ2v) is 9.15. The largest absolute Gasteiger partial charge is 0.374 e. The molecule has 1 fully saturated rings. The van der Waals surface area contributed by atoms with E-state index in [-0.39, 0.29) is 18.2 Å². The zero-order valence-corrected chi connectivity index (χ0v) is 18.3. The first-order valence-electron chi connectivity index (χ1n) is 9.84. The summed E-state index contributed by atoms with van der Waals surface area (Å²) in [5, 5.41) is 10.7. The van der Waals surface area contributed by atoms with Gasteiger partial charge in [-0.05, 0) is 29.5 Å². The maximum absolute atomic E-state index is 13.1. The van der Waals surface area contributed by atoms with Crippen molar-refractivity contribution in [3.63, 3.8) is 0 Å². The Bertz CT molecular complexity index is 1020. The Hall–Kier alpha value is -2.78. The van der Waals surface area contributed by atoms with Gasteiger partial charge in [-0.2, -0.15) is 0 Å². The first-order valence-corrected chi connectivity index (χ1v) is 11.5. The molecule has 30 heavy (non-hydrogen) atoms. The van der Waals surface area contributed by atoms with Crippen LogP contribution in [0, 0.1) is 0 Å². The number of thiophene rings is 1. The third-order valence-electron chi connectivity index (χ3n) is 5.26. The summed E-state index contributed by atoms with van der Waals surface area (Å²) in [5.74, 6) is -0.119. The molecule has 4 rings (SSSR count). The Kier molecular flexibility index (Phi) is 6.10. The number of nitrogen functional groups attached to an aromatic ring is 1. The Labute approximate surface area is 183 Å². The number of piperazine rings is 1. The number of amides is 2. The lowest BCUT2D eigenvalue weighted by atomic mass is 9.99. The van der Waals surface area contributed by atoms with Crippen LogP contribution in [0.4, 0.5) is 5.13 Å². The fourth-order valence-electron chi connectivity index (χ4n) is 3.69. The Morgan fingerprint density at radius 2 is 2.00 bits per heavy atom. The van der Waals surface area contributed by atoms with E-state index in [4.69, 9.17) is 5.73 Å². The van der Waals surface area contributed by atoms with E-state index in [1.54, 1.807) is 16.2 Å². The quantitative estimate of drug-likeness (QED) is 0.635. The molecule has 2 N–H and O–H groups in total. The zero-order valence-electron chi connectivity index (χ0n) is 16.7. The molecule has 1 aromatic carbocycles. The second-order valence-electron chi connectivity index (χ2n) is 7.11. The van der Waals surface area contributed by atoms with Gasteiger partial charge in [0.15, 0.2) is 0 Å². The van der Waals surface area contributed by atoms with E-state index in [1.165, 1.54) is 16.2 Å². The van der Waals surface area contributed by atoms with Gasteiger partial charge >= 0.3 is 0 Å². The molecule has 3 aromatic rings. The standard InChI is InChI=1S/C21H23N5O2S2/c1-2-25-9-10-26(19(27)13-18-23-24-21(22)30-18)16(20(25)28)12-14-5-7-15(8-6-14)17-4-3-11-29-17/h3-8,11,16H,2,9-10,12-13H2,1H3,(H2,22,24)/t16-/m0/s1. The second kappa shape index (κ2) is 8.93. The van der Waals surface area contributed by atoms with Crippen LogP contribution in [0.25, 0.3) is 10.4 Å². The van der Waals surface area contributed by atoms with Crippen LogP contribution >= 0.6 is 22.7 Å². The van der Waals surface area contributed by atoms with E-state index in [2.05, 4.69) is 33.8 Å². The molecule has 1 aliphatic heterocycles. The number of aromatic nitrogens is 2. The van der Waals surface area contributed by atoms with Crippen molar-refractivity contribution >= 4 is 39.6 Å². The summed E-state index contributed by atoms with van der Waals surface area (Å²) in [6.07, 6.45) is 0.603. The Balaban J connectivity index is 1.52. The number of anilines is 1. The van der Waals surface area contributed by atoms with E-state index in [0.717, 1.165) is 11.1 Å². The maximum Gasteiger partial charge on any atom is 0.245 e. The monoisotopic (exact) mass is 441 g/mol. The minimum Gasteiger partial charge on any atom is -0.374 e. The van der Waals surface area contributed by atoms with Crippen LogP contribution in [-0.2, 0) is 22.4 Å². The molecule has 2 aromatic heterocycles. The van der Waals surface area contributed by atoms with Crippen LogP contribution in [0.5, 0.6) is 0 Å². The highest BCUT2D eigenvalue weighted by molar-refractivity contribution is 7.15. The van der Waals surface area contributed by atoms with Crippen molar-refractivity contribution < 1.29 is 9.59 Å². The van der Waals surface area contributed by atoms with Gasteiger partial charge in [-0.1, -0.05) is 41.7 Å². The molecule has 0 aliphatic carbocycles. The normalized spacial score (nSPS) is 16.8. The van der Waals surface area contributed by atoms with Crippen LogP contribution in [0.15, 0.2) is 41.8 Å². The predicted molar refractivity (Wildman–Crippen MR) is 119 cm³/mol. The number of carbonyl (C=O) groups is 2. The summed E-state index contributed by atoms with van der Waals surface area (Å²) in [7, 11) is 0. The van der Waals surface area contributed by atoms with Crippen LogP contribution in [0.3, 0.4) is 0 Å². The van der Waals surface area contributed by atoms with Gasteiger partial charge in [0.05, 0.1) is 6.42 Å². The smallest absolute Gasteiger partial charge is 0.245 e. The molecule has 156 valence electrons. The Morgan fingerprint density at radius 1 is 1.20 bits per heavy atom. The first-order chi connectivity index (χ1) is 14.5. The summed E-state index contributed by atoms with van der Waals surface area (Å²) in [4.78, 5) is 30.8. The van der Waals surface area contributed by atoms with Crippen LogP contribution < -0.4 is 5.73 Å². The average Bonchev–Trinajstić information content (AvgIpc) is 3.42. The van der Waals surface area contributed by atoms with E-state index in [9.17, 15) is 9.59 Å². The van der Waals surface area contributed by atoms with Gasteiger partial charge < -0.3 is 15.5 Å². The highest BCUT2D eigenvalue weighted by Crippen LogP contribution is 2.26. The van der Waals surface area contributed by atoms with Gasteiger partial charge in [-0.15, -0.1) is 21.5 Å². The fraction of sp³-hybridized carbons (Fsp3) is 0.333. The van der Waals surface area contributed by atoms with Gasteiger partial charge in [0.1, 0.15) is 11.0 Å². The van der Waals surface area contributed by atoms with E-state index in [0.29, 0.717) is 36.2 Å². The highest BCUT2D eigenvalue weighted by Gasteiger charge is 2.37.